The first-order chi connectivity index (χ1) is 17.1. The molecule has 0 aliphatic heterocycles. The van der Waals surface area contributed by atoms with Crippen LogP contribution in [0.2, 0.25) is 0 Å². The standard InChI is InChI=1S/C25H25N7O3/c1-31-25-18(11-29-31)17-10-26-22(20-21(14-5-6-14)27-13-28-24(20)35-4)30-23(17)32(25)12-15-7-8-16(33-2)9-19(15)34-3/h7-11,13-14H,5-6,12H2,1-4H3. The van der Waals surface area contributed by atoms with Gasteiger partial charge in [-0.1, -0.05) is 0 Å². The smallest absolute Gasteiger partial charge is 0.227 e. The molecule has 1 saturated carbocycles. The Balaban J connectivity index is 1.57. The predicted octanol–water partition coefficient (Wildman–Crippen LogP) is 3.73. The van der Waals surface area contributed by atoms with E-state index in [-0.39, 0.29) is 0 Å². The highest BCUT2D eigenvalue weighted by Gasteiger charge is 2.31. The largest absolute Gasteiger partial charge is 0.497 e. The molecule has 0 amide bonds. The van der Waals surface area contributed by atoms with Crippen LogP contribution in [-0.4, -0.2) is 55.6 Å². The fraction of sp³-hybridized carbons (Fsp3) is 0.320. The molecular formula is C25H25N7O3. The topological polar surface area (TPSA) is 102 Å². The minimum absolute atomic E-state index is 0.389. The van der Waals surface area contributed by atoms with Gasteiger partial charge in [0.2, 0.25) is 5.88 Å². The summed E-state index contributed by atoms with van der Waals surface area (Å²) in [6.07, 6.45) is 7.45. The molecule has 0 N–H and O–H groups in total. The Kier molecular flexibility index (Phi) is 5.01. The third-order valence-electron chi connectivity index (χ3n) is 6.52. The van der Waals surface area contributed by atoms with E-state index in [0.29, 0.717) is 24.2 Å². The van der Waals surface area contributed by atoms with Crippen LogP contribution < -0.4 is 14.2 Å². The molecule has 10 nitrogen and oxygen atoms in total. The van der Waals surface area contributed by atoms with E-state index in [1.807, 2.05) is 42.3 Å². The summed E-state index contributed by atoms with van der Waals surface area (Å²) in [5.41, 5.74) is 4.44. The zero-order chi connectivity index (χ0) is 24.1. The van der Waals surface area contributed by atoms with Crippen LogP contribution in [0.3, 0.4) is 0 Å². The summed E-state index contributed by atoms with van der Waals surface area (Å²) in [6.45, 7) is 0.529. The molecule has 6 rings (SSSR count). The van der Waals surface area contributed by atoms with E-state index in [0.717, 1.165) is 63.2 Å². The van der Waals surface area contributed by atoms with Crippen molar-refractivity contribution in [3.8, 4) is 28.8 Å². The van der Waals surface area contributed by atoms with Gasteiger partial charge in [0.15, 0.2) is 5.82 Å². The quantitative estimate of drug-likeness (QED) is 0.354. The molecule has 1 aliphatic carbocycles. The van der Waals surface area contributed by atoms with Crippen molar-refractivity contribution in [1.82, 2.24) is 34.3 Å². The zero-order valence-electron chi connectivity index (χ0n) is 20.0. The Morgan fingerprint density at radius 1 is 0.971 bits per heavy atom. The first-order valence-electron chi connectivity index (χ1n) is 11.4. The average Bonchev–Trinajstić information content (AvgIpc) is 3.61. The van der Waals surface area contributed by atoms with Crippen molar-refractivity contribution in [2.75, 3.05) is 21.3 Å². The van der Waals surface area contributed by atoms with E-state index in [4.69, 9.17) is 24.2 Å². The molecule has 5 aromatic rings. The Labute approximate surface area is 201 Å². The van der Waals surface area contributed by atoms with Gasteiger partial charge in [0.05, 0.1) is 39.8 Å². The van der Waals surface area contributed by atoms with Crippen LogP contribution in [0, 0.1) is 0 Å². The van der Waals surface area contributed by atoms with Gasteiger partial charge < -0.3 is 18.8 Å². The third-order valence-corrected chi connectivity index (χ3v) is 6.52. The number of ether oxygens (including phenoxy) is 3. The summed E-state index contributed by atoms with van der Waals surface area (Å²) in [6, 6.07) is 5.82. The monoisotopic (exact) mass is 471 g/mol. The SMILES string of the molecule is COc1ccc(Cn2c3nc(-c4c(OC)ncnc4C4CC4)ncc3c3cnn(C)c32)c(OC)c1. The second-order valence-corrected chi connectivity index (χ2v) is 8.62. The lowest BCUT2D eigenvalue weighted by atomic mass is 10.1. The van der Waals surface area contributed by atoms with Crippen molar-refractivity contribution >= 4 is 22.1 Å². The number of benzene rings is 1. The highest BCUT2D eigenvalue weighted by atomic mass is 16.5. The summed E-state index contributed by atoms with van der Waals surface area (Å²) < 4.78 is 20.6. The van der Waals surface area contributed by atoms with E-state index in [9.17, 15) is 0 Å². The maximum atomic E-state index is 5.66. The summed E-state index contributed by atoms with van der Waals surface area (Å²) in [5, 5.41) is 6.39. The Morgan fingerprint density at radius 3 is 2.57 bits per heavy atom. The number of nitrogens with zero attached hydrogens (tertiary/aromatic N) is 7. The Morgan fingerprint density at radius 2 is 1.83 bits per heavy atom. The van der Waals surface area contributed by atoms with Crippen LogP contribution in [0.15, 0.2) is 36.9 Å². The number of hydrogen-bond acceptors (Lipinski definition) is 8. The molecule has 4 heterocycles. The van der Waals surface area contributed by atoms with Gasteiger partial charge in [-0.25, -0.2) is 19.9 Å². The molecule has 0 unspecified atom stereocenters. The van der Waals surface area contributed by atoms with Crippen molar-refractivity contribution in [2.45, 2.75) is 25.3 Å². The summed E-state index contributed by atoms with van der Waals surface area (Å²) in [4.78, 5) is 18.7. The van der Waals surface area contributed by atoms with Gasteiger partial charge in [-0.15, -0.1) is 0 Å². The fourth-order valence-corrected chi connectivity index (χ4v) is 4.65. The van der Waals surface area contributed by atoms with Crippen molar-refractivity contribution in [2.24, 2.45) is 7.05 Å². The summed E-state index contributed by atoms with van der Waals surface area (Å²) in [7, 11) is 6.84. The highest BCUT2D eigenvalue weighted by Crippen LogP contribution is 2.45. The lowest BCUT2D eigenvalue weighted by molar-refractivity contribution is 0.390. The summed E-state index contributed by atoms with van der Waals surface area (Å²) in [5.74, 6) is 2.91. The molecule has 0 saturated heterocycles. The minimum Gasteiger partial charge on any atom is -0.497 e. The fourth-order valence-electron chi connectivity index (χ4n) is 4.65. The average molecular weight is 472 g/mol. The van der Waals surface area contributed by atoms with Gasteiger partial charge in [-0.05, 0) is 25.0 Å². The number of methoxy groups -OCH3 is 3. The van der Waals surface area contributed by atoms with Crippen LogP contribution in [0.4, 0.5) is 0 Å². The van der Waals surface area contributed by atoms with Gasteiger partial charge in [-0.2, -0.15) is 5.10 Å². The van der Waals surface area contributed by atoms with Crippen LogP contribution in [-0.2, 0) is 13.6 Å². The molecule has 0 radical (unpaired) electrons. The maximum Gasteiger partial charge on any atom is 0.227 e. The molecule has 1 aliphatic rings. The molecule has 35 heavy (non-hydrogen) atoms. The first kappa shape index (κ1) is 21.3. The minimum atomic E-state index is 0.389. The van der Waals surface area contributed by atoms with Gasteiger partial charge >= 0.3 is 0 Å². The normalized spacial score (nSPS) is 13.5. The van der Waals surface area contributed by atoms with Crippen LogP contribution in [0.1, 0.15) is 30.0 Å². The van der Waals surface area contributed by atoms with Crippen molar-refractivity contribution in [1.29, 1.82) is 0 Å². The third kappa shape index (κ3) is 3.44. The Bertz CT molecular complexity index is 1570. The summed E-state index contributed by atoms with van der Waals surface area (Å²) >= 11 is 0. The molecular weight excluding hydrogens is 446 g/mol. The van der Waals surface area contributed by atoms with Gasteiger partial charge in [0.25, 0.3) is 0 Å². The molecule has 0 bridgehead atoms. The van der Waals surface area contributed by atoms with Crippen LogP contribution in [0.5, 0.6) is 17.4 Å². The molecule has 178 valence electrons. The van der Waals surface area contributed by atoms with Crippen LogP contribution >= 0.6 is 0 Å². The predicted molar refractivity (Wildman–Crippen MR) is 130 cm³/mol. The van der Waals surface area contributed by atoms with E-state index >= 15 is 0 Å². The molecule has 1 fully saturated rings. The van der Waals surface area contributed by atoms with E-state index in [1.54, 1.807) is 27.7 Å². The van der Waals surface area contributed by atoms with Crippen molar-refractivity contribution in [3.63, 3.8) is 0 Å². The highest BCUT2D eigenvalue weighted by molar-refractivity contribution is 6.05. The first-order valence-corrected chi connectivity index (χ1v) is 11.4. The lowest BCUT2D eigenvalue weighted by Gasteiger charge is -2.14. The second kappa shape index (κ2) is 8.23. The van der Waals surface area contributed by atoms with Crippen molar-refractivity contribution < 1.29 is 14.2 Å². The second-order valence-electron chi connectivity index (χ2n) is 8.62. The van der Waals surface area contributed by atoms with E-state index in [1.165, 1.54) is 0 Å². The number of aryl methyl sites for hydroxylation is 1. The lowest BCUT2D eigenvalue weighted by Crippen LogP contribution is -2.07. The molecule has 10 heteroatoms. The number of rotatable bonds is 7. The van der Waals surface area contributed by atoms with E-state index in [2.05, 4.69) is 19.6 Å². The molecule has 0 atom stereocenters. The van der Waals surface area contributed by atoms with Gasteiger partial charge in [0, 0.05) is 41.6 Å². The van der Waals surface area contributed by atoms with Crippen molar-refractivity contribution in [3.05, 3.63) is 48.2 Å². The van der Waals surface area contributed by atoms with Crippen LogP contribution in [0.25, 0.3) is 33.5 Å². The Hall–Kier alpha value is -4.21. The number of fused-ring (bicyclic) bond motifs is 3. The number of hydrogen-bond donors (Lipinski definition) is 0. The zero-order valence-corrected chi connectivity index (χ0v) is 20.0. The molecule has 0 spiro atoms. The van der Waals surface area contributed by atoms with Gasteiger partial charge in [-0.3, -0.25) is 4.68 Å². The number of aromatic nitrogens is 7. The molecule has 1 aromatic carbocycles. The maximum absolute atomic E-state index is 5.66. The molecule has 4 aromatic heterocycles. The van der Waals surface area contributed by atoms with E-state index < -0.39 is 0 Å². The van der Waals surface area contributed by atoms with Gasteiger partial charge in [0.1, 0.15) is 34.7 Å².